The van der Waals surface area contributed by atoms with Gasteiger partial charge in [-0.3, -0.25) is 0 Å². The third kappa shape index (κ3) is 2.50. The van der Waals surface area contributed by atoms with Crippen molar-refractivity contribution in [3.63, 3.8) is 0 Å². The van der Waals surface area contributed by atoms with Gasteiger partial charge in [0.25, 0.3) is 0 Å². The van der Waals surface area contributed by atoms with E-state index >= 15 is 0 Å². The minimum absolute atomic E-state index is 0.0409. The monoisotopic (exact) mass is 374 g/mol. The number of methoxy groups -OCH3 is 1. The smallest absolute Gasteiger partial charge is 0.162 e. The first-order valence-corrected chi connectivity index (χ1v) is 8.22. The summed E-state index contributed by atoms with van der Waals surface area (Å²) in [5, 5.41) is 2.64. The molecule has 3 rings (SSSR count). The van der Waals surface area contributed by atoms with Gasteiger partial charge in [0, 0.05) is 11.1 Å². The van der Waals surface area contributed by atoms with Crippen LogP contribution in [-0.2, 0) is 0 Å². The van der Waals surface area contributed by atoms with Crippen LogP contribution in [0.4, 0.5) is 0 Å². The van der Waals surface area contributed by atoms with Gasteiger partial charge in [0.1, 0.15) is 19.0 Å². The summed E-state index contributed by atoms with van der Waals surface area (Å²) >= 11 is 11.7. The number of benzene rings is 1. The molecular formula is C14H12BrClO3S. The zero-order valence-corrected chi connectivity index (χ0v) is 13.8. The molecule has 0 amide bonds. The van der Waals surface area contributed by atoms with E-state index in [1.807, 2.05) is 17.5 Å². The Bertz CT molecular complexity index is 629. The molecule has 0 fully saturated rings. The van der Waals surface area contributed by atoms with Crippen LogP contribution in [-0.4, -0.2) is 20.3 Å². The predicted octanol–water partition coefficient (Wildman–Crippen LogP) is 4.67. The number of hydrogen-bond acceptors (Lipinski definition) is 4. The van der Waals surface area contributed by atoms with Crippen molar-refractivity contribution in [2.75, 3.05) is 20.3 Å². The van der Waals surface area contributed by atoms with Crippen molar-refractivity contribution in [3.8, 4) is 17.2 Å². The Kier molecular flexibility index (Phi) is 4.10. The molecule has 0 saturated heterocycles. The summed E-state index contributed by atoms with van der Waals surface area (Å²) in [5.41, 5.74) is 0.941. The van der Waals surface area contributed by atoms with Crippen LogP contribution in [0.3, 0.4) is 0 Å². The second kappa shape index (κ2) is 5.84. The van der Waals surface area contributed by atoms with E-state index in [9.17, 15) is 0 Å². The Hall–Kier alpha value is -0.910. The summed E-state index contributed by atoms with van der Waals surface area (Å²) in [6, 6.07) is 5.68. The summed E-state index contributed by atoms with van der Waals surface area (Å²) in [6.07, 6.45) is 0. The van der Waals surface area contributed by atoms with Gasteiger partial charge in [-0.05, 0) is 23.1 Å². The van der Waals surface area contributed by atoms with Crippen molar-refractivity contribution < 1.29 is 14.2 Å². The van der Waals surface area contributed by atoms with E-state index in [4.69, 9.17) is 25.8 Å². The van der Waals surface area contributed by atoms with Crippen LogP contribution in [0.5, 0.6) is 17.2 Å². The third-order valence-electron chi connectivity index (χ3n) is 3.04. The van der Waals surface area contributed by atoms with Crippen molar-refractivity contribution in [3.05, 3.63) is 39.0 Å². The van der Waals surface area contributed by atoms with E-state index < -0.39 is 0 Å². The van der Waals surface area contributed by atoms with E-state index in [1.54, 1.807) is 24.5 Å². The number of fused-ring (bicyclic) bond motifs is 1. The highest BCUT2D eigenvalue weighted by molar-refractivity contribution is 9.09. The van der Waals surface area contributed by atoms with E-state index in [2.05, 4.69) is 15.9 Å². The van der Waals surface area contributed by atoms with Crippen molar-refractivity contribution in [2.24, 2.45) is 0 Å². The summed E-state index contributed by atoms with van der Waals surface area (Å²) in [5.74, 6) is 2.28. The van der Waals surface area contributed by atoms with Gasteiger partial charge in [-0.1, -0.05) is 27.5 Å². The van der Waals surface area contributed by atoms with Crippen molar-refractivity contribution in [1.29, 1.82) is 0 Å². The van der Waals surface area contributed by atoms with Gasteiger partial charge in [-0.25, -0.2) is 0 Å². The molecule has 2 heterocycles. The van der Waals surface area contributed by atoms with Gasteiger partial charge in [0.15, 0.2) is 11.5 Å². The summed E-state index contributed by atoms with van der Waals surface area (Å²) in [6.45, 7) is 1.11. The number of ether oxygens (including phenoxy) is 3. The molecule has 6 heteroatoms. The maximum absolute atomic E-state index is 6.37. The summed E-state index contributed by atoms with van der Waals surface area (Å²) < 4.78 is 16.5. The number of alkyl halides is 1. The summed E-state index contributed by atoms with van der Waals surface area (Å²) in [4.78, 5) is 1.03. The highest BCUT2D eigenvalue weighted by Crippen LogP contribution is 2.46. The van der Waals surface area contributed by atoms with Gasteiger partial charge in [0.2, 0.25) is 0 Å². The molecule has 20 heavy (non-hydrogen) atoms. The molecule has 0 spiro atoms. The second-order valence-electron chi connectivity index (χ2n) is 4.23. The van der Waals surface area contributed by atoms with Gasteiger partial charge >= 0.3 is 0 Å². The van der Waals surface area contributed by atoms with Gasteiger partial charge in [0.05, 0.1) is 16.8 Å². The SMILES string of the molecule is COc1ccsc1C(Br)c1cc2c(cc1Cl)OCCO2. The number of rotatable bonds is 3. The average molecular weight is 376 g/mol. The van der Waals surface area contributed by atoms with Gasteiger partial charge in [-0.15, -0.1) is 11.3 Å². The lowest BCUT2D eigenvalue weighted by molar-refractivity contribution is 0.171. The normalized spacial score (nSPS) is 14.9. The van der Waals surface area contributed by atoms with Crippen LogP contribution in [0.25, 0.3) is 0 Å². The molecule has 106 valence electrons. The van der Waals surface area contributed by atoms with E-state index in [0.717, 1.165) is 21.9 Å². The number of thiophene rings is 1. The highest BCUT2D eigenvalue weighted by atomic mass is 79.9. The Morgan fingerprint density at radius 1 is 1.30 bits per heavy atom. The van der Waals surface area contributed by atoms with Crippen LogP contribution in [0.2, 0.25) is 5.02 Å². The molecule has 0 saturated carbocycles. The minimum atomic E-state index is -0.0409. The zero-order valence-electron chi connectivity index (χ0n) is 10.7. The molecule has 0 aliphatic carbocycles. The Labute approximate surface area is 134 Å². The maximum atomic E-state index is 6.37. The van der Waals surface area contributed by atoms with Crippen LogP contribution < -0.4 is 14.2 Å². The lowest BCUT2D eigenvalue weighted by Gasteiger charge is -2.21. The minimum Gasteiger partial charge on any atom is -0.496 e. The summed E-state index contributed by atoms with van der Waals surface area (Å²) in [7, 11) is 1.66. The molecule has 2 aromatic rings. The quantitative estimate of drug-likeness (QED) is 0.730. The molecular weight excluding hydrogens is 364 g/mol. The first-order chi connectivity index (χ1) is 9.70. The first-order valence-electron chi connectivity index (χ1n) is 6.05. The molecule has 1 aromatic heterocycles. The Balaban J connectivity index is 2.01. The lowest BCUT2D eigenvalue weighted by Crippen LogP contribution is -2.15. The molecule has 0 radical (unpaired) electrons. The van der Waals surface area contributed by atoms with Crippen LogP contribution in [0.1, 0.15) is 15.3 Å². The predicted molar refractivity (Wildman–Crippen MR) is 84.1 cm³/mol. The van der Waals surface area contributed by atoms with E-state index in [1.165, 1.54) is 0 Å². The molecule has 1 aliphatic heterocycles. The fourth-order valence-electron chi connectivity index (χ4n) is 2.08. The zero-order chi connectivity index (χ0) is 14.1. The maximum Gasteiger partial charge on any atom is 0.162 e. The Morgan fingerprint density at radius 2 is 2.00 bits per heavy atom. The van der Waals surface area contributed by atoms with Crippen molar-refractivity contribution in [2.45, 2.75) is 4.83 Å². The molecule has 0 bridgehead atoms. The number of halogens is 2. The number of hydrogen-bond donors (Lipinski definition) is 0. The van der Waals surface area contributed by atoms with Gasteiger partial charge in [-0.2, -0.15) is 0 Å². The lowest BCUT2D eigenvalue weighted by atomic mass is 10.1. The molecule has 1 aliphatic rings. The molecule has 1 atom stereocenters. The largest absolute Gasteiger partial charge is 0.496 e. The first kappa shape index (κ1) is 14.0. The van der Waals surface area contributed by atoms with Crippen LogP contribution in [0, 0.1) is 0 Å². The molecule has 1 aromatic carbocycles. The topological polar surface area (TPSA) is 27.7 Å². The molecule has 3 nitrogen and oxygen atoms in total. The van der Waals surface area contributed by atoms with E-state index in [-0.39, 0.29) is 4.83 Å². The second-order valence-corrected chi connectivity index (χ2v) is 6.50. The molecule has 0 N–H and O–H groups in total. The fraction of sp³-hybridized carbons (Fsp3) is 0.286. The van der Waals surface area contributed by atoms with Gasteiger partial charge < -0.3 is 14.2 Å². The standard InChI is InChI=1S/C14H12BrClO3S/c1-17-10-2-5-20-14(10)13(15)8-6-11-12(7-9(8)16)19-4-3-18-11/h2,5-7,13H,3-4H2,1H3. The molecule has 1 unspecified atom stereocenters. The van der Waals surface area contributed by atoms with Crippen LogP contribution >= 0.6 is 38.9 Å². The van der Waals surface area contributed by atoms with Crippen molar-refractivity contribution >= 4 is 38.9 Å². The fourth-order valence-corrected chi connectivity index (χ4v) is 4.25. The van der Waals surface area contributed by atoms with Crippen molar-refractivity contribution in [1.82, 2.24) is 0 Å². The third-order valence-corrected chi connectivity index (χ3v) is 5.59. The highest BCUT2D eigenvalue weighted by Gasteiger charge is 2.23. The Morgan fingerprint density at radius 3 is 2.70 bits per heavy atom. The average Bonchev–Trinajstić information content (AvgIpc) is 2.94. The van der Waals surface area contributed by atoms with Crippen LogP contribution in [0.15, 0.2) is 23.6 Å². The van der Waals surface area contributed by atoms with E-state index in [0.29, 0.717) is 24.0 Å².